The van der Waals surface area contributed by atoms with E-state index in [1.54, 1.807) is 0 Å². The van der Waals surface area contributed by atoms with Crippen molar-refractivity contribution in [3.05, 3.63) is 35.4 Å². The summed E-state index contributed by atoms with van der Waals surface area (Å²) < 4.78 is 0. The van der Waals surface area contributed by atoms with Crippen LogP contribution in [0, 0.1) is 5.92 Å². The molecule has 1 atom stereocenters. The van der Waals surface area contributed by atoms with E-state index in [2.05, 4.69) is 12.2 Å². The van der Waals surface area contributed by atoms with E-state index in [1.807, 2.05) is 43.0 Å². The normalized spacial score (nSPS) is 17.6. The van der Waals surface area contributed by atoms with E-state index < -0.39 is 5.54 Å². The van der Waals surface area contributed by atoms with Crippen LogP contribution < -0.4 is 5.32 Å². The zero-order valence-corrected chi connectivity index (χ0v) is 13.0. The van der Waals surface area contributed by atoms with Gasteiger partial charge in [-0.3, -0.25) is 4.79 Å². The number of rotatable bonds is 7. The Morgan fingerprint density at radius 3 is 2.55 bits per heavy atom. The zero-order valence-electron chi connectivity index (χ0n) is 12.2. The van der Waals surface area contributed by atoms with E-state index >= 15 is 0 Å². The first-order valence-electron chi connectivity index (χ1n) is 7.19. The Labute approximate surface area is 125 Å². The fraction of sp³-hybridized carbons (Fsp3) is 0.562. The maximum Gasteiger partial charge on any atom is 0.251 e. The van der Waals surface area contributed by atoms with Gasteiger partial charge in [0.1, 0.15) is 0 Å². The van der Waals surface area contributed by atoms with Gasteiger partial charge in [0, 0.05) is 11.3 Å². The fourth-order valence-corrected chi connectivity index (χ4v) is 2.93. The summed E-state index contributed by atoms with van der Waals surface area (Å²) in [6.07, 6.45) is 2.18. The van der Waals surface area contributed by atoms with Crippen LogP contribution in [0.2, 0.25) is 0 Å². The summed E-state index contributed by atoms with van der Waals surface area (Å²) in [6.45, 7) is 4.06. The Hall–Kier alpha value is -1.00. The highest BCUT2D eigenvalue weighted by Crippen LogP contribution is 2.39. The number of hydrogen-bond donors (Lipinski definition) is 2. The van der Waals surface area contributed by atoms with Crippen LogP contribution in [-0.2, 0) is 5.75 Å². The van der Waals surface area contributed by atoms with Crippen LogP contribution in [0.3, 0.4) is 0 Å². The van der Waals surface area contributed by atoms with Crippen LogP contribution in [0.15, 0.2) is 24.3 Å². The van der Waals surface area contributed by atoms with Gasteiger partial charge in [-0.1, -0.05) is 19.1 Å². The average molecular weight is 293 g/mol. The number of benzene rings is 1. The Kier molecular flexibility index (Phi) is 5.11. The van der Waals surface area contributed by atoms with Crippen LogP contribution in [0.25, 0.3) is 0 Å². The minimum Gasteiger partial charge on any atom is -0.394 e. The number of amides is 1. The third-order valence-electron chi connectivity index (χ3n) is 3.89. The van der Waals surface area contributed by atoms with Crippen LogP contribution in [0.1, 0.15) is 42.6 Å². The van der Waals surface area contributed by atoms with E-state index in [-0.39, 0.29) is 12.5 Å². The van der Waals surface area contributed by atoms with Gasteiger partial charge in [-0.15, -0.1) is 0 Å². The predicted octanol–water partition coefficient (Wildman–Crippen LogP) is 2.83. The average Bonchev–Trinajstić information content (AvgIpc) is 3.30. The molecule has 3 nitrogen and oxygen atoms in total. The molecule has 1 saturated carbocycles. The largest absolute Gasteiger partial charge is 0.394 e. The number of hydrogen-bond acceptors (Lipinski definition) is 3. The van der Waals surface area contributed by atoms with Gasteiger partial charge in [0.25, 0.3) is 5.91 Å². The van der Waals surface area contributed by atoms with Crippen molar-refractivity contribution in [2.45, 2.75) is 38.0 Å². The van der Waals surface area contributed by atoms with Crippen molar-refractivity contribution < 1.29 is 9.90 Å². The van der Waals surface area contributed by atoms with Crippen molar-refractivity contribution in [3.63, 3.8) is 0 Å². The summed E-state index contributed by atoms with van der Waals surface area (Å²) in [5, 5.41) is 12.5. The highest BCUT2D eigenvalue weighted by molar-refractivity contribution is 7.98. The molecule has 2 N–H and O–H groups in total. The zero-order chi connectivity index (χ0) is 14.6. The minimum absolute atomic E-state index is 0.00533. The van der Waals surface area contributed by atoms with Gasteiger partial charge in [0.05, 0.1) is 12.1 Å². The lowest BCUT2D eigenvalue weighted by Crippen LogP contribution is -2.50. The van der Waals surface area contributed by atoms with Gasteiger partial charge in [-0.2, -0.15) is 11.8 Å². The van der Waals surface area contributed by atoms with Gasteiger partial charge in [-0.05, 0) is 49.1 Å². The molecule has 0 saturated heterocycles. The third-order valence-corrected chi connectivity index (χ3v) is 4.84. The number of carbonyl (C=O) groups excluding carboxylic acids is 1. The molecule has 0 spiro atoms. The van der Waals surface area contributed by atoms with Gasteiger partial charge < -0.3 is 10.4 Å². The quantitative estimate of drug-likeness (QED) is 0.813. The lowest BCUT2D eigenvalue weighted by Gasteiger charge is -2.28. The molecule has 2 rings (SSSR count). The Morgan fingerprint density at radius 1 is 1.40 bits per heavy atom. The number of aliphatic hydroxyl groups is 1. The molecule has 1 aliphatic carbocycles. The third kappa shape index (κ3) is 3.76. The molecule has 0 aliphatic heterocycles. The second-order valence-electron chi connectivity index (χ2n) is 5.64. The molecule has 0 radical (unpaired) electrons. The maximum absolute atomic E-state index is 12.2. The Bertz CT molecular complexity index is 456. The van der Waals surface area contributed by atoms with Crippen LogP contribution in [-0.4, -0.2) is 28.9 Å². The summed E-state index contributed by atoms with van der Waals surface area (Å²) >= 11 is 1.87. The highest BCUT2D eigenvalue weighted by atomic mass is 32.2. The first-order chi connectivity index (χ1) is 9.59. The second-order valence-corrected chi connectivity index (χ2v) is 6.91. The first kappa shape index (κ1) is 15.4. The van der Waals surface area contributed by atoms with Crippen molar-refractivity contribution in [1.82, 2.24) is 5.32 Å². The molecule has 110 valence electrons. The molecule has 1 fully saturated rings. The fourth-order valence-electron chi connectivity index (χ4n) is 2.29. The van der Waals surface area contributed by atoms with Crippen molar-refractivity contribution >= 4 is 17.7 Å². The van der Waals surface area contributed by atoms with Gasteiger partial charge in [0.2, 0.25) is 0 Å². The first-order valence-corrected chi connectivity index (χ1v) is 8.34. The molecule has 1 aromatic carbocycles. The standard InChI is InChI=1S/C16H23NO2S/c1-3-20-10-12-4-6-13(7-5-12)15(19)17-16(2,11-18)14-8-9-14/h4-7,14,18H,3,8-11H2,1-2H3,(H,17,19). The molecular formula is C16H23NO2S. The molecule has 1 amide bonds. The number of aliphatic hydroxyl groups excluding tert-OH is 1. The number of nitrogens with one attached hydrogen (secondary N) is 1. The van der Waals surface area contributed by atoms with Gasteiger partial charge >= 0.3 is 0 Å². The van der Waals surface area contributed by atoms with Gasteiger partial charge in [0.15, 0.2) is 0 Å². The summed E-state index contributed by atoms with van der Waals surface area (Å²) in [6, 6.07) is 7.74. The van der Waals surface area contributed by atoms with Gasteiger partial charge in [-0.25, -0.2) is 0 Å². The summed E-state index contributed by atoms with van der Waals surface area (Å²) in [7, 11) is 0. The smallest absolute Gasteiger partial charge is 0.251 e. The van der Waals surface area contributed by atoms with Crippen molar-refractivity contribution in [3.8, 4) is 0 Å². The SMILES string of the molecule is CCSCc1ccc(C(=O)NC(C)(CO)C2CC2)cc1. The maximum atomic E-state index is 12.2. The van der Waals surface area contributed by atoms with Crippen LogP contribution in [0.5, 0.6) is 0 Å². The van der Waals surface area contributed by atoms with E-state index in [9.17, 15) is 9.90 Å². The number of thioether (sulfide) groups is 1. The highest BCUT2D eigenvalue weighted by Gasteiger charge is 2.42. The predicted molar refractivity (Wildman–Crippen MR) is 84.0 cm³/mol. The second kappa shape index (κ2) is 6.64. The molecule has 1 aliphatic rings. The van der Waals surface area contributed by atoms with E-state index in [1.165, 1.54) is 5.56 Å². The summed E-state index contributed by atoms with van der Waals surface area (Å²) in [4.78, 5) is 12.2. The molecule has 0 bridgehead atoms. The topological polar surface area (TPSA) is 49.3 Å². The molecule has 1 aromatic rings. The van der Waals surface area contributed by atoms with Crippen LogP contribution in [0.4, 0.5) is 0 Å². The Balaban J connectivity index is 1.98. The Morgan fingerprint density at radius 2 is 2.05 bits per heavy atom. The molecule has 1 unspecified atom stereocenters. The molecule has 0 aromatic heterocycles. The van der Waals surface area contributed by atoms with E-state index in [0.29, 0.717) is 11.5 Å². The van der Waals surface area contributed by atoms with Crippen molar-refractivity contribution in [1.29, 1.82) is 0 Å². The summed E-state index contributed by atoms with van der Waals surface area (Å²) in [5.41, 5.74) is 1.42. The monoisotopic (exact) mass is 293 g/mol. The molecular weight excluding hydrogens is 270 g/mol. The van der Waals surface area contributed by atoms with E-state index in [4.69, 9.17) is 0 Å². The van der Waals surface area contributed by atoms with Crippen LogP contribution >= 0.6 is 11.8 Å². The lowest BCUT2D eigenvalue weighted by atomic mass is 9.96. The van der Waals surface area contributed by atoms with Crippen molar-refractivity contribution in [2.75, 3.05) is 12.4 Å². The van der Waals surface area contributed by atoms with Crippen molar-refractivity contribution in [2.24, 2.45) is 5.92 Å². The summed E-state index contributed by atoms with van der Waals surface area (Å²) in [5.74, 6) is 2.40. The van der Waals surface area contributed by atoms with E-state index in [0.717, 1.165) is 24.3 Å². The minimum atomic E-state index is -0.478. The number of carbonyl (C=O) groups is 1. The molecule has 20 heavy (non-hydrogen) atoms. The lowest BCUT2D eigenvalue weighted by molar-refractivity contribution is 0.0824. The molecule has 4 heteroatoms. The molecule has 0 heterocycles.